The van der Waals surface area contributed by atoms with Crippen molar-refractivity contribution in [3.63, 3.8) is 0 Å². The molecule has 3 rings (SSSR count). The SMILES string of the molecule is C=C(CC(NC(=O)NC(CCC)C(C)(C)C)C1(C)CCCC1)N1C[C@H]2[C@@H](C1C(C)=O)C2(C)C. The molecule has 0 spiro atoms. The first-order chi connectivity index (χ1) is 15.2. The number of Topliss-reactive ketones (excluding diaryl/α,β-unsaturated/α-hetero) is 1. The molecule has 5 nitrogen and oxygen atoms in total. The number of piperidine rings is 1. The summed E-state index contributed by atoms with van der Waals surface area (Å²) in [4.78, 5) is 28.0. The minimum atomic E-state index is -0.0668. The molecule has 2 N–H and O–H groups in total. The van der Waals surface area contributed by atoms with E-state index in [-0.39, 0.29) is 46.2 Å². The third-order valence-electron chi connectivity index (χ3n) is 9.29. The van der Waals surface area contributed by atoms with Gasteiger partial charge in [-0.1, -0.05) is 74.3 Å². The maximum atomic E-state index is 13.2. The van der Waals surface area contributed by atoms with Gasteiger partial charge >= 0.3 is 6.03 Å². The molecule has 0 aromatic carbocycles. The van der Waals surface area contributed by atoms with Gasteiger partial charge in [-0.15, -0.1) is 0 Å². The Kier molecular flexibility index (Phi) is 7.32. The lowest BCUT2D eigenvalue weighted by atomic mass is 9.78. The average Bonchev–Trinajstić information content (AvgIpc) is 3.10. The van der Waals surface area contributed by atoms with Gasteiger partial charge in [-0.2, -0.15) is 0 Å². The van der Waals surface area contributed by atoms with Crippen molar-refractivity contribution in [2.24, 2.45) is 28.1 Å². The number of hydrogen-bond donors (Lipinski definition) is 2. The van der Waals surface area contributed by atoms with E-state index in [1.54, 1.807) is 6.92 Å². The monoisotopic (exact) mass is 459 g/mol. The van der Waals surface area contributed by atoms with Crippen molar-refractivity contribution in [1.82, 2.24) is 15.5 Å². The lowest BCUT2D eigenvalue weighted by molar-refractivity contribution is -0.121. The molecule has 3 aliphatic rings. The van der Waals surface area contributed by atoms with Crippen molar-refractivity contribution in [1.29, 1.82) is 0 Å². The molecule has 5 heteroatoms. The fourth-order valence-corrected chi connectivity index (χ4v) is 6.80. The zero-order valence-electron chi connectivity index (χ0n) is 22.5. The van der Waals surface area contributed by atoms with Gasteiger partial charge in [0.05, 0.1) is 6.04 Å². The van der Waals surface area contributed by atoms with Crippen molar-refractivity contribution in [3.05, 3.63) is 12.3 Å². The third-order valence-corrected chi connectivity index (χ3v) is 9.29. The van der Waals surface area contributed by atoms with Crippen LogP contribution >= 0.6 is 0 Å². The van der Waals surface area contributed by atoms with Crippen LogP contribution in [0.2, 0.25) is 0 Å². The van der Waals surface area contributed by atoms with Crippen LogP contribution in [-0.2, 0) is 4.79 Å². The topological polar surface area (TPSA) is 61.4 Å². The molecule has 0 bridgehead atoms. The van der Waals surface area contributed by atoms with Crippen LogP contribution in [0, 0.1) is 28.1 Å². The summed E-state index contributed by atoms with van der Waals surface area (Å²) in [5.74, 6) is 1.25. The molecular weight excluding hydrogens is 410 g/mol. The van der Waals surface area contributed by atoms with Gasteiger partial charge in [0.15, 0.2) is 5.78 Å². The predicted octanol–water partition coefficient (Wildman–Crippen LogP) is 5.90. The molecule has 188 valence electrons. The molecule has 0 radical (unpaired) electrons. The maximum Gasteiger partial charge on any atom is 0.315 e. The molecule has 3 fully saturated rings. The molecule has 1 heterocycles. The summed E-state index contributed by atoms with van der Waals surface area (Å²) in [6.07, 6.45) is 7.39. The van der Waals surface area contributed by atoms with Crippen LogP contribution in [0.4, 0.5) is 4.79 Å². The van der Waals surface area contributed by atoms with E-state index in [0.717, 1.165) is 37.9 Å². The van der Waals surface area contributed by atoms with Crippen LogP contribution in [0.15, 0.2) is 12.3 Å². The van der Waals surface area contributed by atoms with Gasteiger partial charge in [-0.3, -0.25) is 4.79 Å². The highest BCUT2D eigenvalue weighted by Gasteiger charge is 2.68. The number of amides is 2. The Labute approximate surface area is 202 Å². The average molecular weight is 460 g/mol. The van der Waals surface area contributed by atoms with Gasteiger partial charge in [-0.05, 0) is 54.3 Å². The number of nitrogens with zero attached hydrogens (tertiary/aromatic N) is 1. The minimum Gasteiger partial charge on any atom is -0.365 e. The van der Waals surface area contributed by atoms with Crippen LogP contribution < -0.4 is 10.6 Å². The van der Waals surface area contributed by atoms with Crippen molar-refractivity contribution in [3.8, 4) is 0 Å². The normalized spacial score (nSPS) is 29.2. The van der Waals surface area contributed by atoms with Crippen molar-refractivity contribution in [2.45, 2.75) is 118 Å². The Balaban J connectivity index is 1.72. The largest absolute Gasteiger partial charge is 0.365 e. The van der Waals surface area contributed by atoms with Crippen LogP contribution in [-0.4, -0.2) is 41.4 Å². The van der Waals surface area contributed by atoms with E-state index < -0.39 is 0 Å². The third kappa shape index (κ3) is 5.27. The second kappa shape index (κ2) is 9.26. The highest BCUT2D eigenvalue weighted by atomic mass is 16.2. The molecule has 2 aliphatic carbocycles. The van der Waals surface area contributed by atoms with Crippen LogP contribution in [0.3, 0.4) is 0 Å². The minimum absolute atomic E-state index is 0.0157. The lowest BCUT2D eigenvalue weighted by Gasteiger charge is -2.40. The van der Waals surface area contributed by atoms with Crippen molar-refractivity contribution < 1.29 is 9.59 Å². The fourth-order valence-electron chi connectivity index (χ4n) is 6.80. The number of likely N-dealkylation sites (tertiary alicyclic amines) is 1. The Hall–Kier alpha value is -1.52. The van der Waals surface area contributed by atoms with E-state index in [2.05, 4.69) is 70.6 Å². The highest BCUT2D eigenvalue weighted by molar-refractivity contribution is 5.83. The molecule has 0 aromatic rings. The predicted molar refractivity (Wildman–Crippen MR) is 136 cm³/mol. The lowest BCUT2D eigenvalue weighted by Crippen LogP contribution is -2.54. The number of urea groups is 1. The van der Waals surface area contributed by atoms with E-state index in [1.165, 1.54) is 12.8 Å². The van der Waals surface area contributed by atoms with Gasteiger partial charge in [0.1, 0.15) is 0 Å². The smallest absolute Gasteiger partial charge is 0.315 e. The van der Waals surface area contributed by atoms with Gasteiger partial charge in [0.2, 0.25) is 0 Å². The summed E-state index contributed by atoms with van der Waals surface area (Å²) < 4.78 is 0. The van der Waals surface area contributed by atoms with E-state index in [1.807, 2.05) is 0 Å². The van der Waals surface area contributed by atoms with Gasteiger partial charge < -0.3 is 15.5 Å². The zero-order valence-corrected chi connectivity index (χ0v) is 22.5. The van der Waals surface area contributed by atoms with E-state index >= 15 is 0 Å². The number of fused-ring (bicyclic) bond motifs is 1. The number of carbonyl (C=O) groups is 2. The molecule has 1 aliphatic heterocycles. The molecule has 0 aromatic heterocycles. The first-order valence-electron chi connectivity index (χ1n) is 13.2. The second-order valence-corrected chi connectivity index (χ2v) is 13.2. The molecule has 2 amide bonds. The van der Waals surface area contributed by atoms with Crippen LogP contribution in [0.1, 0.15) is 100 Å². The first kappa shape index (κ1) is 26.1. The first-order valence-corrected chi connectivity index (χ1v) is 13.2. The van der Waals surface area contributed by atoms with Gasteiger partial charge in [-0.25, -0.2) is 4.79 Å². The van der Waals surface area contributed by atoms with Crippen LogP contribution in [0.25, 0.3) is 0 Å². The molecule has 2 saturated carbocycles. The molecule has 1 saturated heterocycles. The summed E-state index contributed by atoms with van der Waals surface area (Å²) in [5, 5.41) is 6.65. The van der Waals surface area contributed by atoms with E-state index in [0.29, 0.717) is 18.3 Å². The summed E-state index contributed by atoms with van der Waals surface area (Å²) >= 11 is 0. The maximum absolute atomic E-state index is 13.2. The Morgan fingerprint density at radius 3 is 2.24 bits per heavy atom. The van der Waals surface area contributed by atoms with E-state index in [9.17, 15) is 9.59 Å². The molecule has 33 heavy (non-hydrogen) atoms. The number of rotatable bonds is 9. The number of ketones is 1. The van der Waals surface area contributed by atoms with Crippen molar-refractivity contribution >= 4 is 11.8 Å². The standard InChI is InChI=1S/C28H49N3O2/c1-10-13-21(26(4,5)6)29-25(33)30-22(28(9)14-11-12-15-28)16-18(2)31-17-20-23(27(20,7)8)24(31)19(3)32/h20-24H,2,10-17H2,1,3-9H3,(H2,29,30,33)/t20-,21?,22?,23-,24?/m0/s1. The van der Waals surface area contributed by atoms with E-state index in [4.69, 9.17) is 0 Å². The van der Waals surface area contributed by atoms with Gasteiger partial charge in [0, 0.05) is 30.7 Å². The summed E-state index contributed by atoms with van der Waals surface area (Å²) in [5.41, 5.74) is 1.35. The Morgan fingerprint density at radius 2 is 1.73 bits per heavy atom. The van der Waals surface area contributed by atoms with Crippen LogP contribution in [0.5, 0.6) is 0 Å². The summed E-state index contributed by atoms with van der Waals surface area (Å²) in [6, 6.07) is 0.0334. The summed E-state index contributed by atoms with van der Waals surface area (Å²) in [7, 11) is 0. The molecule has 5 atom stereocenters. The second-order valence-electron chi connectivity index (χ2n) is 13.2. The fraction of sp³-hybridized carbons (Fsp3) is 0.857. The Morgan fingerprint density at radius 1 is 1.12 bits per heavy atom. The quantitative estimate of drug-likeness (QED) is 0.451. The number of carbonyl (C=O) groups excluding carboxylic acids is 2. The molecule has 3 unspecified atom stereocenters. The number of hydrogen-bond acceptors (Lipinski definition) is 3. The summed E-state index contributed by atoms with van der Waals surface area (Å²) in [6.45, 7) is 22.7. The molecular formula is C28H49N3O2. The number of nitrogens with one attached hydrogen (secondary N) is 2. The highest BCUT2D eigenvalue weighted by Crippen LogP contribution is 2.65. The van der Waals surface area contributed by atoms with Gasteiger partial charge in [0.25, 0.3) is 0 Å². The zero-order chi connectivity index (χ0) is 24.8. The Bertz CT molecular complexity index is 760. The van der Waals surface area contributed by atoms with Crippen molar-refractivity contribution in [2.75, 3.05) is 6.54 Å².